The van der Waals surface area contributed by atoms with Crippen molar-refractivity contribution >= 4 is 29.1 Å². The number of carbonyl (C=O) groups is 2. The Labute approximate surface area is 210 Å². The van der Waals surface area contributed by atoms with Gasteiger partial charge in [-0.05, 0) is 49.7 Å². The van der Waals surface area contributed by atoms with Crippen molar-refractivity contribution in [1.82, 2.24) is 10.2 Å². The van der Waals surface area contributed by atoms with Crippen LogP contribution in [-0.2, 0) is 9.59 Å². The van der Waals surface area contributed by atoms with E-state index in [1.54, 1.807) is 36.4 Å². The quantitative estimate of drug-likeness (QED) is 0.369. The smallest absolute Gasteiger partial charge is 0.249 e. The average molecular weight is 506 g/mol. The van der Waals surface area contributed by atoms with E-state index in [4.69, 9.17) is 21.1 Å². The molecule has 1 aliphatic rings. The molecule has 4 N–H and O–H groups in total. The molecule has 0 spiro atoms. The fourth-order valence-electron chi connectivity index (χ4n) is 3.83. The lowest BCUT2D eigenvalue weighted by Gasteiger charge is -2.22. The van der Waals surface area contributed by atoms with E-state index in [0.29, 0.717) is 29.5 Å². The summed E-state index contributed by atoms with van der Waals surface area (Å²) in [5, 5.41) is 26.1. The Morgan fingerprint density at radius 2 is 1.89 bits per heavy atom. The molecule has 0 bridgehead atoms. The van der Waals surface area contributed by atoms with Crippen LogP contribution in [0, 0.1) is 0 Å². The summed E-state index contributed by atoms with van der Waals surface area (Å²) < 4.78 is 11.8. The summed E-state index contributed by atoms with van der Waals surface area (Å²) in [4.78, 5) is 26.0. The van der Waals surface area contributed by atoms with Crippen LogP contribution in [0.15, 0.2) is 48.5 Å². The first kappa shape index (κ1) is 26.7. The van der Waals surface area contributed by atoms with E-state index in [-0.39, 0.29) is 12.7 Å². The topological polar surface area (TPSA) is 120 Å². The van der Waals surface area contributed by atoms with Gasteiger partial charge in [-0.25, -0.2) is 0 Å². The first-order chi connectivity index (χ1) is 16.7. The number of β-amino-alcohol motifs (C(OH)–C–C–N with tert-alkyl or cyclic N) is 1. The van der Waals surface area contributed by atoms with Crippen molar-refractivity contribution in [2.45, 2.75) is 44.6 Å². The zero-order valence-corrected chi connectivity index (χ0v) is 20.6. The molecule has 0 aliphatic carbocycles. The van der Waals surface area contributed by atoms with Crippen LogP contribution < -0.4 is 20.1 Å². The number of hydrogen-bond donors (Lipinski definition) is 4. The van der Waals surface area contributed by atoms with Crippen LogP contribution >= 0.6 is 11.6 Å². The number of ether oxygens (including phenoxy) is 2. The number of likely N-dealkylation sites (tertiary alicyclic amines) is 1. The van der Waals surface area contributed by atoms with Crippen LogP contribution in [0.3, 0.4) is 0 Å². The van der Waals surface area contributed by atoms with Gasteiger partial charge in [-0.15, -0.1) is 0 Å². The third-order valence-corrected chi connectivity index (χ3v) is 5.77. The van der Waals surface area contributed by atoms with Crippen molar-refractivity contribution in [3.63, 3.8) is 0 Å². The number of halogens is 1. The molecule has 0 saturated carbocycles. The molecule has 3 rings (SSSR count). The van der Waals surface area contributed by atoms with Gasteiger partial charge in [-0.3, -0.25) is 14.5 Å². The highest BCUT2D eigenvalue weighted by Gasteiger charge is 2.27. The highest BCUT2D eigenvalue weighted by atomic mass is 35.5. The summed E-state index contributed by atoms with van der Waals surface area (Å²) in [7, 11) is 0. The number of anilines is 1. The van der Waals surface area contributed by atoms with Gasteiger partial charge in [0.1, 0.15) is 36.4 Å². The summed E-state index contributed by atoms with van der Waals surface area (Å²) in [6.45, 7) is 4.62. The lowest BCUT2D eigenvalue weighted by Crippen LogP contribution is -2.49. The Kier molecular flexibility index (Phi) is 9.73. The second-order valence-corrected chi connectivity index (χ2v) is 9.05. The summed E-state index contributed by atoms with van der Waals surface area (Å²) in [6, 6.07) is 12.9. The molecule has 4 atom stereocenters. The van der Waals surface area contributed by atoms with Crippen molar-refractivity contribution in [1.29, 1.82) is 0 Å². The van der Waals surface area contributed by atoms with E-state index in [1.807, 2.05) is 12.1 Å². The van der Waals surface area contributed by atoms with Gasteiger partial charge in [-0.2, -0.15) is 0 Å². The zero-order valence-electron chi connectivity index (χ0n) is 19.8. The highest BCUT2D eigenvalue weighted by Crippen LogP contribution is 2.25. The Balaban J connectivity index is 1.48. The molecule has 2 aromatic carbocycles. The summed E-state index contributed by atoms with van der Waals surface area (Å²) in [6.07, 6.45) is -0.950. The van der Waals surface area contributed by atoms with Gasteiger partial charge in [0.15, 0.2) is 0 Å². The van der Waals surface area contributed by atoms with E-state index in [9.17, 15) is 19.8 Å². The second kappa shape index (κ2) is 12.7. The molecule has 0 radical (unpaired) electrons. The van der Waals surface area contributed by atoms with Crippen molar-refractivity contribution in [2.24, 2.45) is 0 Å². The van der Waals surface area contributed by atoms with Crippen LogP contribution in [0.2, 0.25) is 5.02 Å². The number of benzene rings is 2. The maximum absolute atomic E-state index is 12.6. The Morgan fingerprint density at radius 3 is 2.57 bits per heavy atom. The Hall–Kier alpha value is -2.85. The molecule has 190 valence electrons. The molecule has 9 nitrogen and oxygen atoms in total. The molecule has 2 amide bonds. The zero-order chi connectivity index (χ0) is 25.4. The number of nitrogens with zero attached hydrogens (tertiary/aromatic N) is 1. The Bertz CT molecular complexity index is 987. The van der Waals surface area contributed by atoms with E-state index >= 15 is 0 Å². The second-order valence-electron chi connectivity index (χ2n) is 8.61. The number of rotatable bonds is 11. The Morgan fingerprint density at radius 1 is 1.17 bits per heavy atom. The van der Waals surface area contributed by atoms with Crippen molar-refractivity contribution < 1.29 is 29.3 Å². The van der Waals surface area contributed by atoms with E-state index < -0.39 is 30.1 Å². The first-order valence-corrected chi connectivity index (χ1v) is 11.9. The lowest BCUT2D eigenvalue weighted by molar-refractivity contribution is -0.127. The fourth-order valence-corrected chi connectivity index (χ4v) is 3.96. The van der Waals surface area contributed by atoms with Crippen molar-refractivity contribution in [3.8, 4) is 11.5 Å². The number of hydrogen-bond acceptors (Lipinski definition) is 7. The molecule has 4 unspecified atom stereocenters. The molecule has 1 heterocycles. The van der Waals surface area contributed by atoms with E-state index in [2.05, 4.69) is 15.5 Å². The summed E-state index contributed by atoms with van der Waals surface area (Å²) in [5.74, 6) is 0.134. The van der Waals surface area contributed by atoms with Crippen molar-refractivity contribution in [3.05, 3.63) is 53.6 Å². The standard InChI is InChI=1S/C25H32ClN3O6/c1-16(30)24(27-17(2)31)25(33)28-22-5-3-4-6-23(22)34-15-19(32)13-29-12-11-21(14-29)35-20-9-7-18(26)8-10-20/h3-10,16,19,21,24,30,32H,11-15H2,1-2H3,(H,27,31)(H,28,33). The van der Waals surface area contributed by atoms with Crippen LogP contribution in [0.1, 0.15) is 20.3 Å². The maximum atomic E-state index is 12.6. The molecule has 1 aliphatic heterocycles. The minimum atomic E-state index is -1.11. The van der Waals surface area contributed by atoms with Gasteiger partial charge in [-0.1, -0.05) is 23.7 Å². The number of para-hydroxylation sites is 2. The van der Waals surface area contributed by atoms with Crippen LogP contribution in [0.4, 0.5) is 5.69 Å². The molecule has 1 fully saturated rings. The molecular formula is C25H32ClN3O6. The highest BCUT2D eigenvalue weighted by molar-refractivity contribution is 6.30. The third kappa shape index (κ3) is 8.40. The number of aliphatic hydroxyl groups is 2. The lowest BCUT2D eigenvalue weighted by atomic mass is 10.1. The van der Waals surface area contributed by atoms with Gasteiger partial charge >= 0.3 is 0 Å². The normalized spacial score (nSPS) is 18.4. The average Bonchev–Trinajstić information content (AvgIpc) is 3.24. The third-order valence-electron chi connectivity index (χ3n) is 5.51. The van der Waals surface area contributed by atoms with Gasteiger partial charge in [0.25, 0.3) is 0 Å². The molecule has 0 aromatic heterocycles. The van der Waals surface area contributed by atoms with Gasteiger partial charge < -0.3 is 30.3 Å². The molecule has 10 heteroatoms. The van der Waals surface area contributed by atoms with Crippen LogP contribution in [0.5, 0.6) is 11.5 Å². The molecule has 2 aromatic rings. The van der Waals surface area contributed by atoms with Gasteiger partial charge in [0.05, 0.1) is 11.8 Å². The van der Waals surface area contributed by atoms with Gasteiger partial charge in [0, 0.05) is 31.6 Å². The van der Waals surface area contributed by atoms with Crippen molar-refractivity contribution in [2.75, 3.05) is 31.6 Å². The molecule has 1 saturated heterocycles. The maximum Gasteiger partial charge on any atom is 0.249 e. The fraction of sp³-hybridized carbons (Fsp3) is 0.440. The minimum absolute atomic E-state index is 0.0254. The predicted molar refractivity (Wildman–Crippen MR) is 133 cm³/mol. The van der Waals surface area contributed by atoms with Crippen LogP contribution in [-0.4, -0.2) is 77.5 Å². The van der Waals surface area contributed by atoms with E-state index in [1.165, 1.54) is 13.8 Å². The SMILES string of the molecule is CC(=O)NC(C(=O)Nc1ccccc1OCC(O)CN1CCC(Oc2ccc(Cl)cc2)C1)C(C)O. The summed E-state index contributed by atoms with van der Waals surface area (Å²) in [5.41, 5.74) is 0.373. The minimum Gasteiger partial charge on any atom is -0.489 e. The van der Waals surface area contributed by atoms with Gasteiger partial charge in [0.2, 0.25) is 11.8 Å². The first-order valence-electron chi connectivity index (χ1n) is 11.5. The number of amides is 2. The molecule has 35 heavy (non-hydrogen) atoms. The largest absolute Gasteiger partial charge is 0.489 e. The predicted octanol–water partition coefficient (Wildman–Crippen LogP) is 2.06. The monoisotopic (exact) mass is 505 g/mol. The number of aliphatic hydroxyl groups excluding tert-OH is 2. The number of carbonyl (C=O) groups excluding carboxylic acids is 2. The van der Waals surface area contributed by atoms with E-state index in [0.717, 1.165) is 18.7 Å². The van der Waals surface area contributed by atoms with Crippen LogP contribution in [0.25, 0.3) is 0 Å². The number of nitrogens with one attached hydrogen (secondary N) is 2. The summed E-state index contributed by atoms with van der Waals surface area (Å²) >= 11 is 5.91. The molecular weight excluding hydrogens is 474 g/mol.